The molecular weight excluding hydrogens is 216 g/mol. The lowest BCUT2D eigenvalue weighted by Crippen LogP contribution is -2.37. The van der Waals surface area contributed by atoms with Crippen molar-refractivity contribution >= 4 is 17.6 Å². The fourth-order valence-electron chi connectivity index (χ4n) is 1.26. The van der Waals surface area contributed by atoms with Crippen molar-refractivity contribution in [3.63, 3.8) is 0 Å². The van der Waals surface area contributed by atoms with E-state index in [9.17, 15) is 9.90 Å². The topological polar surface area (TPSA) is 46.5 Å². The second-order valence-corrected chi connectivity index (χ2v) is 4.17. The van der Waals surface area contributed by atoms with E-state index in [0.29, 0.717) is 5.56 Å². The van der Waals surface area contributed by atoms with Gasteiger partial charge in [0.2, 0.25) is 0 Å². The van der Waals surface area contributed by atoms with Crippen LogP contribution in [0.1, 0.15) is 18.6 Å². The highest BCUT2D eigenvalue weighted by Gasteiger charge is 2.40. The van der Waals surface area contributed by atoms with Crippen LogP contribution in [-0.2, 0) is 9.53 Å². The number of hydrogen-bond acceptors (Lipinski definition) is 3. The van der Waals surface area contributed by atoms with Crippen LogP contribution in [0.4, 0.5) is 0 Å². The second kappa shape index (κ2) is 4.64. The smallest absolute Gasteiger partial charge is 0.329 e. The molecule has 1 aromatic carbocycles. The molecule has 0 radical (unpaired) electrons. The van der Waals surface area contributed by atoms with Gasteiger partial charge in [0, 0.05) is 0 Å². The fourth-order valence-corrected chi connectivity index (χ4v) is 1.46. The monoisotopic (exact) mass is 228 g/mol. The fraction of sp³-hybridized carbons (Fsp3) is 0.364. The number of carbonyl (C=O) groups is 1. The Balaban J connectivity index is 2.94. The molecule has 1 N–H and O–H groups in total. The maximum atomic E-state index is 11.3. The van der Waals surface area contributed by atoms with Crippen molar-refractivity contribution in [3.8, 4) is 0 Å². The minimum Gasteiger partial charge on any atom is -0.468 e. The molecule has 15 heavy (non-hydrogen) atoms. The van der Waals surface area contributed by atoms with Crippen LogP contribution >= 0.6 is 11.6 Å². The molecule has 0 aliphatic rings. The third kappa shape index (κ3) is 2.49. The molecule has 0 saturated heterocycles. The highest BCUT2D eigenvalue weighted by atomic mass is 35.5. The molecule has 0 saturated carbocycles. The molecule has 0 spiro atoms. The van der Waals surface area contributed by atoms with Gasteiger partial charge in [0.15, 0.2) is 4.87 Å². The summed E-state index contributed by atoms with van der Waals surface area (Å²) in [5.74, 6) is -0.652. The predicted molar refractivity (Wildman–Crippen MR) is 57.7 cm³/mol. The van der Waals surface area contributed by atoms with E-state index >= 15 is 0 Å². The Morgan fingerprint density at radius 1 is 1.47 bits per heavy atom. The normalized spacial score (nSPS) is 16.5. The van der Waals surface area contributed by atoms with Crippen LogP contribution < -0.4 is 0 Å². The summed E-state index contributed by atoms with van der Waals surface area (Å²) in [6, 6.07) is 8.76. The van der Waals surface area contributed by atoms with Crippen LogP contribution in [-0.4, -0.2) is 23.1 Å². The van der Waals surface area contributed by atoms with Gasteiger partial charge in [0.1, 0.15) is 6.10 Å². The molecule has 2 unspecified atom stereocenters. The summed E-state index contributed by atoms with van der Waals surface area (Å²) in [5, 5.41) is 9.92. The zero-order valence-electron chi connectivity index (χ0n) is 8.61. The van der Waals surface area contributed by atoms with Gasteiger partial charge >= 0.3 is 5.97 Å². The number of benzene rings is 1. The van der Waals surface area contributed by atoms with Crippen molar-refractivity contribution in [1.82, 2.24) is 0 Å². The maximum absolute atomic E-state index is 11.3. The third-order valence-electron chi connectivity index (χ3n) is 2.21. The molecule has 0 heterocycles. The summed E-state index contributed by atoms with van der Waals surface area (Å²) >= 11 is 5.95. The molecule has 2 atom stereocenters. The molecule has 3 nitrogen and oxygen atoms in total. The molecule has 0 aromatic heterocycles. The quantitative estimate of drug-likeness (QED) is 0.635. The van der Waals surface area contributed by atoms with E-state index in [1.54, 1.807) is 24.3 Å². The average molecular weight is 229 g/mol. The molecule has 0 bridgehead atoms. The summed E-state index contributed by atoms with van der Waals surface area (Å²) in [5.41, 5.74) is 0.584. The minimum atomic E-state index is -1.46. The highest BCUT2D eigenvalue weighted by Crippen LogP contribution is 2.32. The van der Waals surface area contributed by atoms with Crippen LogP contribution in [0.3, 0.4) is 0 Å². The lowest BCUT2D eigenvalue weighted by molar-refractivity contribution is -0.146. The number of aliphatic hydroxyl groups excluding tert-OH is 1. The van der Waals surface area contributed by atoms with Gasteiger partial charge in [-0.3, -0.25) is 4.79 Å². The number of rotatable bonds is 3. The molecule has 1 rings (SSSR count). The van der Waals surface area contributed by atoms with Crippen molar-refractivity contribution in [2.24, 2.45) is 0 Å². The summed E-state index contributed by atoms with van der Waals surface area (Å²) in [4.78, 5) is 9.87. The van der Waals surface area contributed by atoms with Gasteiger partial charge in [0.05, 0.1) is 7.11 Å². The van der Waals surface area contributed by atoms with Crippen LogP contribution in [0.2, 0.25) is 0 Å². The number of halogens is 1. The number of ether oxygens (including phenoxy) is 1. The van der Waals surface area contributed by atoms with E-state index < -0.39 is 16.9 Å². The van der Waals surface area contributed by atoms with E-state index in [4.69, 9.17) is 11.6 Å². The first-order valence-electron chi connectivity index (χ1n) is 4.50. The Labute approximate surface area is 93.6 Å². The van der Waals surface area contributed by atoms with Gasteiger partial charge in [-0.05, 0) is 12.5 Å². The Hall–Kier alpha value is -1.06. The van der Waals surface area contributed by atoms with Crippen LogP contribution in [0.15, 0.2) is 30.3 Å². The summed E-state index contributed by atoms with van der Waals surface area (Å²) in [7, 11) is 1.24. The molecule has 0 aliphatic carbocycles. The van der Waals surface area contributed by atoms with Gasteiger partial charge in [0.25, 0.3) is 0 Å². The van der Waals surface area contributed by atoms with E-state index in [1.807, 2.05) is 6.07 Å². The number of hydrogen-bond donors (Lipinski definition) is 1. The number of alkyl halides is 1. The zero-order chi connectivity index (χ0) is 11.5. The standard InChI is InChI=1S/C11H13ClO3/c1-11(12,10(14)15-2)9(13)8-6-4-3-5-7-8/h3-7,9,13H,1-2H3. The van der Waals surface area contributed by atoms with Gasteiger partial charge in [-0.2, -0.15) is 0 Å². The summed E-state index contributed by atoms with van der Waals surface area (Å²) < 4.78 is 4.53. The third-order valence-corrected chi connectivity index (χ3v) is 2.57. The summed E-state index contributed by atoms with van der Waals surface area (Å²) in [6.07, 6.45) is -1.09. The van der Waals surface area contributed by atoms with E-state index in [2.05, 4.69) is 4.74 Å². The van der Waals surface area contributed by atoms with Crippen LogP contribution in [0, 0.1) is 0 Å². The average Bonchev–Trinajstić information content (AvgIpc) is 2.28. The van der Waals surface area contributed by atoms with E-state index in [0.717, 1.165) is 0 Å². The summed E-state index contributed by atoms with van der Waals surface area (Å²) in [6.45, 7) is 1.43. The highest BCUT2D eigenvalue weighted by molar-refractivity contribution is 6.34. The first-order chi connectivity index (χ1) is 7.00. The molecule has 82 valence electrons. The predicted octanol–water partition coefficient (Wildman–Crippen LogP) is 1.89. The van der Waals surface area contributed by atoms with Crippen LogP contribution in [0.25, 0.3) is 0 Å². The SMILES string of the molecule is COC(=O)C(C)(Cl)C(O)c1ccccc1. The number of carbonyl (C=O) groups excluding carboxylic acids is 1. The molecule has 4 heteroatoms. The largest absolute Gasteiger partial charge is 0.468 e. The van der Waals surface area contributed by atoms with Gasteiger partial charge in [-0.1, -0.05) is 30.3 Å². The van der Waals surface area contributed by atoms with Crippen LogP contribution in [0.5, 0.6) is 0 Å². The number of methoxy groups -OCH3 is 1. The van der Waals surface area contributed by atoms with Crippen molar-refractivity contribution in [1.29, 1.82) is 0 Å². The van der Waals surface area contributed by atoms with Gasteiger partial charge < -0.3 is 9.84 Å². The Bertz CT molecular complexity index is 335. The second-order valence-electron chi connectivity index (χ2n) is 3.38. The minimum absolute atomic E-state index is 0.584. The molecule has 0 fully saturated rings. The van der Waals surface area contributed by atoms with Crippen molar-refractivity contribution < 1.29 is 14.6 Å². The molecule has 0 aliphatic heterocycles. The number of aliphatic hydroxyl groups is 1. The maximum Gasteiger partial charge on any atom is 0.329 e. The first-order valence-corrected chi connectivity index (χ1v) is 4.88. The van der Waals surface area contributed by atoms with Crippen molar-refractivity contribution in [3.05, 3.63) is 35.9 Å². The Morgan fingerprint density at radius 2 is 2.00 bits per heavy atom. The van der Waals surface area contributed by atoms with Gasteiger partial charge in [-0.25, -0.2) is 0 Å². The van der Waals surface area contributed by atoms with E-state index in [-0.39, 0.29) is 0 Å². The lowest BCUT2D eigenvalue weighted by atomic mass is 9.97. The Morgan fingerprint density at radius 3 is 2.47 bits per heavy atom. The molecular formula is C11H13ClO3. The molecule has 0 amide bonds. The Kier molecular flexibility index (Phi) is 3.72. The van der Waals surface area contributed by atoms with Crippen molar-refractivity contribution in [2.45, 2.75) is 17.9 Å². The first kappa shape index (κ1) is 12.0. The molecule has 1 aromatic rings. The lowest BCUT2D eigenvalue weighted by Gasteiger charge is -2.25. The van der Waals surface area contributed by atoms with Gasteiger partial charge in [-0.15, -0.1) is 11.6 Å². The van der Waals surface area contributed by atoms with Crippen molar-refractivity contribution in [2.75, 3.05) is 7.11 Å². The van der Waals surface area contributed by atoms with E-state index in [1.165, 1.54) is 14.0 Å². The zero-order valence-corrected chi connectivity index (χ0v) is 9.36. The number of esters is 1.